The van der Waals surface area contributed by atoms with E-state index in [0.29, 0.717) is 36.8 Å². The Balaban J connectivity index is 1.31. The molecule has 2 aliphatic heterocycles. The summed E-state index contributed by atoms with van der Waals surface area (Å²) in [6.45, 7) is 2.91. The van der Waals surface area contributed by atoms with Crippen molar-refractivity contribution in [3.05, 3.63) is 54.1 Å². The molecule has 0 atom stereocenters. The van der Waals surface area contributed by atoms with E-state index < -0.39 is 0 Å². The second kappa shape index (κ2) is 8.66. The summed E-state index contributed by atoms with van der Waals surface area (Å²) in [5, 5.41) is 0. The molecular formula is C23H26N2O4. The summed E-state index contributed by atoms with van der Waals surface area (Å²) < 4.78 is 11.1. The molecular weight excluding hydrogens is 368 g/mol. The molecule has 0 saturated carbocycles. The largest absolute Gasteiger partial charge is 0.486 e. The fourth-order valence-corrected chi connectivity index (χ4v) is 3.88. The first-order valence-corrected chi connectivity index (χ1v) is 10.1. The number of benzene rings is 2. The van der Waals surface area contributed by atoms with Gasteiger partial charge in [-0.2, -0.15) is 0 Å². The molecule has 2 aliphatic rings. The van der Waals surface area contributed by atoms with E-state index >= 15 is 0 Å². The number of amides is 1. The topological polar surface area (TPSA) is 59.1 Å². The summed E-state index contributed by atoms with van der Waals surface area (Å²) in [5.74, 6) is 1.54. The van der Waals surface area contributed by atoms with Gasteiger partial charge < -0.3 is 14.4 Å². The van der Waals surface area contributed by atoms with Gasteiger partial charge >= 0.3 is 0 Å². The van der Waals surface area contributed by atoms with Gasteiger partial charge in [0, 0.05) is 24.2 Å². The zero-order chi connectivity index (χ0) is 20.2. The fourth-order valence-electron chi connectivity index (χ4n) is 3.88. The van der Waals surface area contributed by atoms with Crippen molar-refractivity contribution < 1.29 is 19.1 Å². The van der Waals surface area contributed by atoms with Crippen molar-refractivity contribution in [2.24, 2.45) is 5.92 Å². The second-order valence-electron chi connectivity index (χ2n) is 7.56. The van der Waals surface area contributed by atoms with Gasteiger partial charge in [0.25, 0.3) is 0 Å². The van der Waals surface area contributed by atoms with Crippen molar-refractivity contribution >= 4 is 17.4 Å². The van der Waals surface area contributed by atoms with Crippen LogP contribution in [0.2, 0.25) is 0 Å². The smallest absolute Gasteiger partial charge is 0.240 e. The lowest BCUT2D eigenvalue weighted by Crippen LogP contribution is -2.43. The summed E-state index contributed by atoms with van der Waals surface area (Å²) in [6.07, 6.45) is 1.52. The summed E-state index contributed by atoms with van der Waals surface area (Å²) in [6, 6.07) is 15.1. The quantitative estimate of drug-likeness (QED) is 0.730. The van der Waals surface area contributed by atoms with E-state index in [1.807, 2.05) is 42.5 Å². The molecule has 0 aromatic heterocycles. The zero-order valence-corrected chi connectivity index (χ0v) is 16.7. The van der Waals surface area contributed by atoms with Crippen LogP contribution in [0.25, 0.3) is 0 Å². The SMILES string of the molecule is CN(C(=O)CN1CCC(C(=O)c2ccc3c(c2)OCCO3)CC1)c1ccccc1. The first-order chi connectivity index (χ1) is 14.1. The van der Waals surface area contributed by atoms with Gasteiger partial charge in [0.2, 0.25) is 5.91 Å². The Morgan fingerprint density at radius 1 is 1.00 bits per heavy atom. The van der Waals surface area contributed by atoms with Crippen molar-refractivity contribution in [2.45, 2.75) is 12.8 Å². The first kappa shape index (κ1) is 19.5. The third-order valence-electron chi connectivity index (χ3n) is 5.66. The van der Waals surface area contributed by atoms with Gasteiger partial charge in [-0.25, -0.2) is 0 Å². The lowest BCUT2D eigenvalue weighted by molar-refractivity contribution is -0.119. The number of likely N-dealkylation sites (N-methyl/N-ethyl adjacent to an activating group) is 1. The number of Topliss-reactive ketones (excluding diaryl/α,β-unsaturated/α-hetero) is 1. The van der Waals surface area contributed by atoms with E-state index in [0.717, 1.165) is 31.6 Å². The molecule has 0 bridgehead atoms. The van der Waals surface area contributed by atoms with Crippen LogP contribution in [0.4, 0.5) is 5.69 Å². The van der Waals surface area contributed by atoms with Crippen LogP contribution in [-0.2, 0) is 4.79 Å². The summed E-state index contributed by atoms with van der Waals surface area (Å²) >= 11 is 0. The van der Waals surface area contributed by atoms with Crippen LogP contribution < -0.4 is 14.4 Å². The predicted molar refractivity (Wildman–Crippen MR) is 111 cm³/mol. The van der Waals surface area contributed by atoms with Crippen LogP contribution in [0.1, 0.15) is 23.2 Å². The number of para-hydroxylation sites is 1. The molecule has 6 nitrogen and oxygen atoms in total. The molecule has 4 rings (SSSR count). The molecule has 0 radical (unpaired) electrons. The first-order valence-electron chi connectivity index (χ1n) is 10.1. The molecule has 1 amide bonds. The number of carbonyl (C=O) groups is 2. The highest BCUT2D eigenvalue weighted by Gasteiger charge is 2.28. The third-order valence-corrected chi connectivity index (χ3v) is 5.66. The van der Waals surface area contributed by atoms with E-state index in [2.05, 4.69) is 4.90 Å². The highest BCUT2D eigenvalue weighted by molar-refractivity contribution is 5.98. The Morgan fingerprint density at radius 2 is 1.69 bits per heavy atom. The number of likely N-dealkylation sites (tertiary alicyclic amines) is 1. The van der Waals surface area contributed by atoms with Crippen LogP contribution in [0.15, 0.2) is 48.5 Å². The molecule has 1 fully saturated rings. The maximum absolute atomic E-state index is 12.9. The molecule has 2 aromatic rings. The summed E-state index contributed by atoms with van der Waals surface area (Å²) in [4.78, 5) is 29.3. The zero-order valence-electron chi connectivity index (χ0n) is 16.7. The number of ether oxygens (including phenoxy) is 2. The van der Waals surface area contributed by atoms with Gasteiger partial charge in [0.1, 0.15) is 13.2 Å². The molecule has 0 unspecified atom stereocenters. The second-order valence-corrected chi connectivity index (χ2v) is 7.56. The average Bonchev–Trinajstić information content (AvgIpc) is 2.79. The number of hydrogen-bond acceptors (Lipinski definition) is 5. The fraction of sp³-hybridized carbons (Fsp3) is 0.391. The number of hydrogen-bond donors (Lipinski definition) is 0. The van der Waals surface area contributed by atoms with Gasteiger partial charge in [-0.3, -0.25) is 14.5 Å². The van der Waals surface area contributed by atoms with Gasteiger partial charge in [-0.05, 0) is 56.3 Å². The van der Waals surface area contributed by atoms with E-state index in [-0.39, 0.29) is 17.6 Å². The van der Waals surface area contributed by atoms with Crippen LogP contribution in [0.3, 0.4) is 0 Å². The molecule has 0 spiro atoms. The lowest BCUT2D eigenvalue weighted by Gasteiger charge is -2.32. The van der Waals surface area contributed by atoms with E-state index in [9.17, 15) is 9.59 Å². The van der Waals surface area contributed by atoms with Crippen LogP contribution in [-0.4, -0.2) is 56.5 Å². The Bertz CT molecular complexity index is 876. The van der Waals surface area contributed by atoms with Crippen molar-refractivity contribution in [1.82, 2.24) is 4.90 Å². The van der Waals surface area contributed by atoms with Crippen molar-refractivity contribution in [1.29, 1.82) is 0 Å². The maximum atomic E-state index is 12.9. The van der Waals surface area contributed by atoms with Crippen molar-refractivity contribution in [3.63, 3.8) is 0 Å². The normalized spacial score (nSPS) is 17.0. The lowest BCUT2D eigenvalue weighted by atomic mass is 9.88. The molecule has 29 heavy (non-hydrogen) atoms. The Hall–Kier alpha value is -2.86. The monoisotopic (exact) mass is 394 g/mol. The summed E-state index contributed by atoms with van der Waals surface area (Å²) in [7, 11) is 1.80. The van der Waals surface area contributed by atoms with E-state index in [4.69, 9.17) is 9.47 Å². The van der Waals surface area contributed by atoms with Crippen molar-refractivity contribution in [3.8, 4) is 11.5 Å². The number of ketones is 1. The minimum atomic E-state index is -0.0178. The van der Waals surface area contributed by atoms with Crippen LogP contribution >= 0.6 is 0 Å². The van der Waals surface area contributed by atoms with Crippen molar-refractivity contribution in [2.75, 3.05) is 44.8 Å². The minimum absolute atomic E-state index is 0.0178. The van der Waals surface area contributed by atoms with Gasteiger partial charge in [-0.1, -0.05) is 18.2 Å². The van der Waals surface area contributed by atoms with Crippen LogP contribution in [0.5, 0.6) is 11.5 Å². The predicted octanol–water partition coefficient (Wildman–Crippen LogP) is 3.02. The number of anilines is 1. The van der Waals surface area contributed by atoms with E-state index in [1.54, 1.807) is 18.0 Å². The minimum Gasteiger partial charge on any atom is -0.486 e. The Kier molecular flexibility index (Phi) is 5.81. The molecule has 0 N–H and O–H groups in total. The Labute approximate surface area is 171 Å². The van der Waals surface area contributed by atoms with E-state index in [1.165, 1.54) is 0 Å². The van der Waals surface area contributed by atoms with Gasteiger partial charge in [0.15, 0.2) is 17.3 Å². The molecule has 152 valence electrons. The Morgan fingerprint density at radius 3 is 2.41 bits per heavy atom. The average molecular weight is 394 g/mol. The number of nitrogens with zero attached hydrogens (tertiary/aromatic N) is 2. The van der Waals surface area contributed by atoms with Gasteiger partial charge in [-0.15, -0.1) is 0 Å². The molecule has 2 heterocycles. The molecule has 0 aliphatic carbocycles. The third kappa shape index (κ3) is 4.43. The number of rotatable bonds is 5. The number of fused-ring (bicyclic) bond motifs is 1. The molecule has 1 saturated heterocycles. The number of piperidine rings is 1. The summed E-state index contributed by atoms with van der Waals surface area (Å²) in [5.41, 5.74) is 1.56. The molecule has 6 heteroatoms. The highest BCUT2D eigenvalue weighted by Crippen LogP contribution is 2.32. The maximum Gasteiger partial charge on any atom is 0.240 e. The van der Waals surface area contributed by atoms with Crippen LogP contribution in [0, 0.1) is 5.92 Å². The number of carbonyl (C=O) groups excluding carboxylic acids is 2. The standard InChI is InChI=1S/C23H26N2O4/c1-24(19-5-3-2-4-6-19)22(26)16-25-11-9-17(10-12-25)23(27)18-7-8-20-21(15-18)29-14-13-28-20/h2-8,15,17H,9-14,16H2,1H3. The highest BCUT2D eigenvalue weighted by atomic mass is 16.6. The van der Waals surface area contributed by atoms with Gasteiger partial charge in [0.05, 0.1) is 6.54 Å². The molecule has 2 aromatic carbocycles.